The van der Waals surface area contributed by atoms with E-state index in [1.54, 1.807) is 38.2 Å². The summed E-state index contributed by atoms with van der Waals surface area (Å²) in [6.07, 6.45) is 0. The minimum atomic E-state index is -0.585. The molecule has 0 heterocycles. The zero-order valence-corrected chi connectivity index (χ0v) is 9.64. The first-order valence-corrected chi connectivity index (χ1v) is 4.98. The first-order valence-electron chi connectivity index (χ1n) is 4.98. The number of hydrogen-bond donors (Lipinski definition) is 0. The van der Waals surface area contributed by atoms with E-state index in [-0.39, 0.29) is 5.91 Å². The number of likely N-dealkylation sites (N-methyl/N-ethyl adjacent to an activating group) is 1. The van der Waals surface area contributed by atoms with Gasteiger partial charge in [0.25, 0.3) is 5.91 Å². The van der Waals surface area contributed by atoms with Crippen molar-refractivity contribution in [3.63, 3.8) is 0 Å². The lowest BCUT2D eigenvalue weighted by atomic mass is 10.2. The molecule has 0 saturated heterocycles. The van der Waals surface area contributed by atoms with Gasteiger partial charge < -0.3 is 9.64 Å². The van der Waals surface area contributed by atoms with Gasteiger partial charge in [-0.1, -0.05) is 18.2 Å². The molecule has 0 aliphatic rings. The lowest BCUT2D eigenvalue weighted by molar-refractivity contribution is -0.144. The Morgan fingerprint density at radius 2 is 1.81 bits per heavy atom. The van der Waals surface area contributed by atoms with Crippen molar-refractivity contribution in [3.8, 4) is 0 Å². The molecule has 0 fully saturated rings. The summed E-state index contributed by atoms with van der Waals surface area (Å²) in [5, 5.41) is 0. The average Bonchev–Trinajstić information content (AvgIpc) is 2.36. The fourth-order valence-electron chi connectivity index (χ4n) is 1.29. The van der Waals surface area contributed by atoms with Crippen molar-refractivity contribution in [1.29, 1.82) is 0 Å². The smallest absolute Gasteiger partial charge is 0.328 e. The standard InChI is InChI=1S/C12H15NO3/c1-9(12(15)16-3)13(2)11(14)10-7-5-4-6-8-10/h4-9H,1-3H3/t9-/m0/s1. The van der Waals surface area contributed by atoms with Gasteiger partial charge >= 0.3 is 5.97 Å². The van der Waals surface area contributed by atoms with Crippen LogP contribution in [0.5, 0.6) is 0 Å². The van der Waals surface area contributed by atoms with Crippen LogP contribution >= 0.6 is 0 Å². The molecule has 1 aromatic carbocycles. The SMILES string of the molecule is COC(=O)[C@H](C)N(C)C(=O)c1ccccc1. The van der Waals surface area contributed by atoms with Gasteiger partial charge in [-0.25, -0.2) is 4.79 Å². The predicted octanol–water partition coefficient (Wildman–Crippen LogP) is 1.32. The summed E-state index contributed by atoms with van der Waals surface area (Å²) in [6, 6.07) is 8.23. The number of benzene rings is 1. The number of carbonyl (C=O) groups excluding carboxylic acids is 2. The van der Waals surface area contributed by atoms with E-state index in [4.69, 9.17) is 0 Å². The molecule has 1 aromatic rings. The molecule has 1 atom stereocenters. The van der Waals surface area contributed by atoms with Crippen LogP contribution in [0, 0.1) is 0 Å². The maximum Gasteiger partial charge on any atom is 0.328 e. The Morgan fingerprint density at radius 3 is 2.31 bits per heavy atom. The van der Waals surface area contributed by atoms with Crippen molar-refractivity contribution in [2.75, 3.05) is 14.2 Å². The lowest BCUT2D eigenvalue weighted by Crippen LogP contribution is -2.40. The van der Waals surface area contributed by atoms with Crippen molar-refractivity contribution in [3.05, 3.63) is 35.9 Å². The molecule has 0 saturated carbocycles. The van der Waals surface area contributed by atoms with Crippen LogP contribution in [0.25, 0.3) is 0 Å². The van der Waals surface area contributed by atoms with Crippen LogP contribution in [0.1, 0.15) is 17.3 Å². The van der Waals surface area contributed by atoms with E-state index in [9.17, 15) is 9.59 Å². The van der Waals surface area contributed by atoms with Gasteiger partial charge in [-0.3, -0.25) is 4.79 Å². The number of carbonyl (C=O) groups is 2. The highest BCUT2D eigenvalue weighted by atomic mass is 16.5. The Balaban J connectivity index is 2.79. The Labute approximate surface area is 94.8 Å². The zero-order chi connectivity index (χ0) is 12.1. The highest BCUT2D eigenvalue weighted by molar-refractivity contribution is 5.96. The fraction of sp³-hybridized carbons (Fsp3) is 0.333. The van der Waals surface area contributed by atoms with Crippen LogP contribution in [-0.4, -0.2) is 37.0 Å². The third kappa shape index (κ3) is 2.59. The summed E-state index contributed by atoms with van der Waals surface area (Å²) in [7, 11) is 2.89. The van der Waals surface area contributed by atoms with Gasteiger partial charge in [-0.15, -0.1) is 0 Å². The van der Waals surface area contributed by atoms with Gasteiger partial charge in [0.15, 0.2) is 0 Å². The summed E-state index contributed by atoms with van der Waals surface area (Å²) >= 11 is 0. The third-order valence-electron chi connectivity index (χ3n) is 2.46. The zero-order valence-electron chi connectivity index (χ0n) is 9.64. The van der Waals surface area contributed by atoms with Gasteiger partial charge in [0.05, 0.1) is 7.11 Å². The second kappa shape index (κ2) is 5.30. The summed E-state index contributed by atoms with van der Waals surface area (Å²) in [6.45, 7) is 1.63. The Kier molecular flexibility index (Phi) is 4.05. The van der Waals surface area contributed by atoms with Crippen LogP contribution in [0.2, 0.25) is 0 Å². The predicted molar refractivity (Wildman–Crippen MR) is 60.0 cm³/mol. The maximum absolute atomic E-state index is 11.9. The topological polar surface area (TPSA) is 46.6 Å². The molecule has 0 radical (unpaired) electrons. The molecular formula is C12H15NO3. The van der Waals surface area contributed by atoms with E-state index in [0.29, 0.717) is 5.56 Å². The summed E-state index contributed by atoms with van der Waals surface area (Å²) < 4.78 is 4.59. The van der Waals surface area contributed by atoms with Crippen LogP contribution in [0.4, 0.5) is 0 Å². The molecule has 0 bridgehead atoms. The first kappa shape index (κ1) is 12.2. The van der Waals surface area contributed by atoms with Crippen molar-refractivity contribution >= 4 is 11.9 Å². The maximum atomic E-state index is 11.9. The van der Waals surface area contributed by atoms with Crippen molar-refractivity contribution in [2.45, 2.75) is 13.0 Å². The minimum absolute atomic E-state index is 0.196. The fourth-order valence-corrected chi connectivity index (χ4v) is 1.29. The number of methoxy groups -OCH3 is 1. The number of hydrogen-bond acceptors (Lipinski definition) is 3. The van der Waals surface area contributed by atoms with Crippen molar-refractivity contribution < 1.29 is 14.3 Å². The van der Waals surface area contributed by atoms with E-state index in [1.807, 2.05) is 6.07 Å². The van der Waals surface area contributed by atoms with Crippen LogP contribution in [-0.2, 0) is 9.53 Å². The first-order chi connectivity index (χ1) is 7.57. The van der Waals surface area contributed by atoms with Gasteiger partial charge in [0, 0.05) is 12.6 Å². The third-order valence-corrected chi connectivity index (χ3v) is 2.46. The van der Waals surface area contributed by atoms with E-state index < -0.39 is 12.0 Å². The van der Waals surface area contributed by atoms with Gasteiger partial charge in [-0.05, 0) is 19.1 Å². The summed E-state index contributed by atoms with van der Waals surface area (Å²) in [5.41, 5.74) is 0.556. The van der Waals surface area contributed by atoms with Crippen molar-refractivity contribution in [2.24, 2.45) is 0 Å². The number of amides is 1. The average molecular weight is 221 g/mol. The molecule has 0 aromatic heterocycles. The second-order valence-electron chi connectivity index (χ2n) is 3.48. The molecule has 1 amide bonds. The largest absolute Gasteiger partial charge is 0.467 e. The number of ether oxygens (including phenoxy) is 1. The van der Waals surface area contributed by atoms with Crippen LogP contribution in [0.3, 0.4) is 0 Å². The molecule has 0 unspecified atom stereocenters. The quantitative estimate of drug-likeness (QED) is 0.723. The molecule has 0 spiro atoms. The minimum Gasteiger partial charge on any atom is -0.467 e. The second-order valence-corrected chi connectivity index (χ2v) is 3.48. The number of esters is 1. The Hall–Kier alpha value is -1.84. The molecule has 4 nitrogen and oxygen atoms in total. The highest BCUT2D eigenvalue weighted by Gasteiger charge is 2.23. The molecule has 1 rings (SSSR count). The number of nitrogens with zero attached hydrogens (tertiary/aromatic N) is 1. The number of rotatable bonds is 3. The van der Waals surface area contributed by atoms with E-state index in [1.165, 1.54) is 12.0 Å². The highest BCUT2D eigenvalue weighted by Crippen LogP contribution is 2.07. The van der Waals surface area contributed by atoms with Gasteiger partial charge in [0.1, 0.15) is 6.04 Å². The molecule has 4 heteroatoms. The van der Waals surface area contributed by atoms with Gasteiger partial charge in [-0.2, -0.15) is 0 Å². The van der Waals surface area contributed by atoms with Gasteiger partial charge in [0.2, 0.25) is 0 Å². The van der Waals surface area contributed by atoms with Crippen molar-refractivity contribution in [1.82, 2.24) is 4.90 Å². The molecule has 0 N–H and O–H groups in total. The molecular weight excluding hydrogens is 206 g/mol. The Bertz CT molecular complexity index is 375. The molecule has 16 heavy (non-hydrogen) atoms. The van der Waals surface area contributed by atoms with E-state index in [2.05, 4.69) is 4.74 Å². The monoisotopic (exact) mass is 221 g/mol. The van der Waals surface area contributed by atoms with E-state index in [0.717, 1.165) is 0 Å². The summed E-state index contributed by atoms with van der Waals surface area (Å²) in [4.78, 5) is 24.6. The summed E-state index contributed by atoms with van der Waals surface area (Å²) in [5.74, 6) is -0.620. The van der Waals surface area contributed by atoms with E-state index >= 15 is 0 Å². The van der Waals surface area contributed by atoms with Crippen LogP contribution in [0.15, 0.2) is 30.3 Å². The molecule has 0 aliphatic carbocycles. The van der Waals surface area contributed by atoms with Crippen LogP contribution < -0.4 is 0 Å². The normalized spacial score (nSPS) is 11.7. The lowest BCUT2D eigenvalue weighted by Gasteiger charge is -2.22. The Morgan fingerprint density at radius 1 is 1.25 bits per heavy atom. The molecule has 0 aliphatic heterocycles. The molecule has 86 valence electrons.